The molecule has 0 spiro atoms. The second kappa shape index (κ2) is 9.45. The van der Waals surface area contributed by atoms with Gasteiger partial charge in [-0.15, -0.1) is 11.8 Å². The lowest BCUT2D eigenvalue weighted by atomic mass is 10.2. The number of alkyl halides is 3. The topological polar surface area (TPSA) is 44.4 Å². The molecule has 140 valence electrons. The van der Waals surface area contributed by atoms with Gasteiger partial charge in [0.15, 0.2) is 0 Å². The van der Waals surface area contributed by atoms with E-state index < -0.39 is 18.8 Å². The van der Waals surface area contributed by atoms with Crippen LogP contribution < -0.4 is 10.6 Å². The normalized spacial score (nSPS) is 17.3. The molecular weight excluding hydrogens is 351 g/mol. The van der Waals surface area contributed by atoms with Gasteiger partial charge in [0.1, 0.15) is 6.04 Å². The monoisotopic (exact) mass is 375 g/mol. The summed E-state index contributed by atoms with van der Waals surface area (Å²) in [4.78, 5) is 13.3. The molecule has 1 aliphatic rings. The molecule has 4 nitrogen and oxygen atoms in total. The van der Waals surface area contributed by atoms with Gasteiger partial charge in [0, 0.05) is 38.5 Å². The zero-order chi connectivity index (χ0) is 18.3. The maximum absolute atomic E-state index is 13.2. The first kappa shape index (κ1) is 20.1. The molecule has 8 heteroatoms. The minimum Gasteiger partial charge on any atom is -0.353 e. The van der Waals surface area contributed by atoms with Crippen LogP contribution in [0.25, 0.3) is 0 Å². The van der Waals surface area contributed by atoms with Crippen LogP contribution in [0, 0.1) is 6.92 Å². The zero-order valence-electron chi connectivity index (χ0n) is 14.2. The van der Waals surface area contributed by atoms with Crippen molar-refractivity contribution < 1.29 is 18.0 Å². The molecule has 0 saturated carbocycles. The summed E-state index contributed by atoms with van der Waals surface area (Å²) in [6.07, 6.45) is -4.35. The van der Waals surface area contributed by atoms with Crippen LogP contribution in [0.15, 0.2) is 24.3 Å². The van der Waals surface area contributed by atoms with Crippen LogP contribution >= 0.6 is 11.8 Å². The number of rotatable bonds is 7. The lowest BCUT2D eigenvalue weighted by Gasteiger charge is -2.35. The highest BCUT2D eigenvalue weighted by atomic mass is 32.2. The van der Waals surface area contributed by atoms with Crippen molar-refractivity contribution in [3.63, 3.8) is 0 Å². The van der Waals surface area contributed by atoms with Crippen LogP contribution in [0.2, 0.25) is 0 Å². The quantitative estimate of drug-likeness (QED) is 0.767. The zero-order valence-corrected chi connectivity index (χ0v) is 15.1. The standard InChI is InChI=1S/C17H24F3N3OS/c1-13-3-2-4-14(9-13)11-25-12-16(24)22-10-15(17(18,19)20)23-7-5-21-6-8-23/h2-4,9,15,21H,5-8,10-12H2,1H3,(H,22,24). The van der Waals surface area contributed by atoms with Gasteiger partial charge in [0.05, 0.1) is 5.75 Å². The van der Waals surface area contributed by atoms with Crippen LogP contribution in [-0.4, -0.2) is 61.5 Å². The fraction of sp³-hybridized carbons (Fsp3) is 0.588. The molecule has 1 amide bonds. The van der Waals surface area contributed by atoms with Crippen LogP contribution in [0.4, 0.5) is 13.2 Å². The van der Waals surface area contributed by atoms with Gasteiger partial charge in [0.2, 0.25) is 5.91 Å². The molecule has 1 atom stereocenters. The van der Waals surface area contributed by atoms with Crippen molar-refractivity contribution >= 4 is 17.7 Å². The second-order valence-electron chi connectivity index (χ2n) is 6.13. The van der Waals surface area contributed by atoms with Gasteiger partial charge >= 0.3 is 6.18 Å². The Morgan fingerprint density at radius 2 is 2.08 bits per heavy atom. The number of nitrogens with zero attached hydrogens (tertiary/aromatic N) is 1. The molecule has 2 N–H and O–H groups in total. The molecule has 1 saturated heterocycles. The highest BCUT2D eigenvalue weighted by Crippen LogP contribution is 2.24. The molecule has 1 fully saturated rings. The second-order valence-corrected chi connectivity index (χ2v) is 7.11. The highest BCUT2D eigenvalue weighted by molar-refractivity contribution is 7.99. The first-order valence-electron chi connectivity index (χ1n) is 8.28. The van der Waals surface area contributed by atoms with E-state index in [0.29, 0.717) is 31.9 Å². The third kappa shape index (κ3) is 6.87. The maximum Gasteiger partial charge on any atom is 0.405 e. The van der Waals surface area contributed by atoms with Crippen LogP contribution in [0.3, 0.4) is 0 Å². The van der Waals surface area contributed by atoms with E-state index in [1.54, 1.807) is 0 Å². The lowest BCUT2D eigenvalue weighted by Crippen LogP contribution is -2.57. The van der Waals surface area contributed by atoms with E-state index in [9.17, 15) is 18.0 Å². The van der Waals surface area contributed by atoms with Gasteiger partial charge in [-0.2, -0.15) is 13.2 Å². The third-order valence-electron chi connectivity index (χ3n) is 4.05. The van der Waals surface area contributed by atoms with E-state index in [0.717, 1.165) is 11.1 Å². The van der Waals surface area contributed by atoms with E-state index in [1.165, 1.54) is 16.7 Å². The molecular formula is C17H24F3N3OS. The largest absolute Gasteiger partial charge is 0.405 e. The van der Waals surface area contributed by atoms with Gasteiger partial charge in [-0.1, -0.05) is 29.8 Å². The highest BCUT2D eigenvalue weighted by Gasteiger charge is 2.43. The van der Waals surface area contributed by atoms with E-state index in [2.05, 4.69) is 10.6 Å². The number of carbonyl (C=O) groups excluding carboxylic acids is 1. The number of amides is 1. The summed E-state index contributed by atoms with van der Waals surface area (Å²) >= 11 is 1.40. The fourth-order valence-electron chi connectivity index (χ4n) is 2.77. The van der Waals surface area contributed by atoms with Crippen molar-refractivity contribution in [1.29, 1.82) is 0 Å². The van der Waals surface area contributed by atoms with Gasteiger partial charge in [0.25, 0.3) is 0 Å². The summed E-state index contributed by atoms with van der Waals surface area (Å²) in [5.74, 6) is 0.456. The number of carbonyl (C=O) groups is 1. The molecule has 25 heavy (non-hydrogen) atoms. The number of piperazine rings is 1. The molecule has 1 heterocycles. The van der Waals surface area contributed by atoms with E-state index in [1.807, 2.05) is 31.2 Å². The number of halogens is 3. The molecule has 1 unspecified atom stereocenters. The van der Waals surface area contributed by atoms with Crippen molar-refractivity contribution in [1.82, 2.24) is 15.5 Å². The molecule has 0 radical (unpaired) electrons. The predicted octanol–water partition coefficient (Wildman–Crippen LogP) is 2.18. The smallest absolute Gasteiger partial charge is 0.353 e. The van der Waals surface area contributed by atoms with E-state index >= 15 is 0 Å². The number of thioether (sulfide) groups is 1. The summed E-state index contributed by atoms with van der Waals surface area (Å²) in [6, 6.07) is 6.33. The Balaban J connectivity index is 1.76. The molecule has 0 aromatic heterocycles. The fourth-order valence-corrected chi connectivity index (χ4v) is 3.58. The first-order valence-corrected chi connectivity index (χ1v) is 9.43. The van der Waals surface area contributed by atoms with Crippen molar-refractivity contribution in [2.75, 3.05) is 38.5 Å². The number of hydrogen-bond donors (Lipinski definition) is 2. The summed E-state index contributed by atoms with van der Waals surface area (Å²) < 4.78 is 39.7. The molecule has 0 bridgehead atoms. The maximum atomic E-state index is 13.2. The summed E-state index contributed by atoms with van der Waals surface area (Å²) in [6.45, 7) is 3.34. The Morgan fingerprint density at radius 3 is 2.72 bits per heavy atom. The Bertz CT molecular complexity index is 562. The van der Waals surface area contributed by atoms with Crippen molar-refractivity contribution in [3.05, 3.63) is 35.4 Å². The predicted molar refractivity (Wildman–Crippen MR) is 94.6 cm³/mol. The minimum absolute atomic E-state index is 0.153. The Kier molecular flexibility index (Phi) is 7.58. The van der Waals surface area contributed by atoms with E-state index in [4.69, 9.17) is 0 Å². The van der Waals surface area contributed by atoms with Gasteiger partial charge in [-0.3, -0.25) is 9.69 Å². The molecule has 1 aromatic rings. The summed E-state index contributed by atoms with van der Waals surface area (Å²) in [7, 11) is 0. The Morgan fingerprint density at radius 1 is 1.36 bits per heavy atom. The molecule has 1 aliphatic heterocycles. The number of benzene rings is 1. The number of nitrogens with one attached hydrogen (secondary N) is 2. The van der Waals surface area contributed by atoms with Gasteiger partial charge in [-0.05, 0) is 12.5 Å². The number of hydrogen-bond acceptors (Lipinski definition) is 4. The first-order chi connectivity index (χ1) is 11.9. The number of aryl methyl sites for hydroxylation is 1. The summed E-state index contributed by atoms with van der Waals surface area (Å²) in [5, 5.41) is 5.48. The Labute approximate surface area is 150 Å². The van der Waals surface area contributed by atoms with Crippen LogP contribution in [0.1, 0.15) is 11.1 Å². The van der Waals surface area contributed by atoms with Gasteiger partial charge < -0.3 is 10.6 Å². The minimum atomic E-state index is -4.35. The average molecular weight is 375 g/mol. The SMILES string of the molecule is Cc1cccc(CSCC(=O)NCC(N2CCNCC2)C(F)(F)F)c1. The van der Waals surface area contributed by atoms with Crippen molar-refractivity contribution in [2.45, 2.75) is 24.9 Å². The molecule has 1 aromatic carbocycles. The van der Waals surface area contributed by atoms with Crippen LogP contribution in [0.5, 0.6) is 0 Å². The van der Waals surface area contributed by atoms with Crippen molar-refractivity contribution in [2.24, 2.45) is 0 Å². The summed E-state index contributed by atoms with van der Waals surface area (Å²) in [5.41, 5.74) is 2.25. The Hall–Kier alpha value is -1.25. The molecule has 2 rings (SSSR count). The molecule has 0 aliphatic carbocycles. The average Bonchev–Trinajstić information content (AvgIpc) is 2.55. The van der Waals surface area contributed by atoms with E-state index in [-0.39, 0.29) is 11.7 Å². The lowest BCUT2D eigenvalue weighted by molar-refractivity contribution is -0.183. The van der Waals surface area contributed by atoms with Gasteiger partial charge in [-0.25, -0.2) is 0 Å². The third-order valence-corrected chi connectivity index (χ3v) is 5.05. The van der Waals surface area contributed by atoms with Crippen LogP contribution in [-0.2, 0) is 10.5 Å². The van der Waals surface area contributed by atoms with Crippen molar-refractivity contribution in [3.8, 4) is 0 Å².